The quantitative estimate of drug-likeness (QED) is 0.0795. The minimum absolute atomic E-state index is 0.0929. The number of carbonyl (C=O) groups excluding carboxylic acids is 3. The Morgan fingerprint density at radius 1 is 0.944 bits per heavy atom. The highest BCUT2D eigenvalue weighted by Gasteiger charge is 2.30. The summed E-state index contributed by atoms with van der Waals surface area (Å²) < 4.78 is 0. The Kier molecular flexibility index (Phi) is 14.0. The molecule has 0 radical (unpaired) electrons. The summed E-state index contributed by atoms with van der Waals surface area (Å²) in [5.74, 6) is -2.51. The average Bonchev–Trinajstić information content (AvgIpc) is 2.83. The Morgan fingerprint density at radius 2 is 1.53 bits per heavy atom. The van der Waals surface area contributed by atoms with Crippen LogP contribution in [0, 0.1) is 0 Å². The SMILES string of the molecule is CSCCC(NC(=O)C(Cc1ccccc1)NC(=O)C(CCCN=C(N)N)NC(=O)C(C)N)C(=O)O. The van der Waals surface area contributed by atoms with Crippen molar-refractivity contribution in [3.8, 4) is 0 Å². The van der Waals surface area contributed by atoms with Crippen LogP contribution in [0.4, 0.5) is 0 Å². The Morgan fingerprint density at radius 3 is 2.08 bits per heavy atom. The van der Waals surface area contributed by atoms with Crippen molar-refractivity contribution >= 4 is 41.4 Å². The van der Waals surface area contributed by atoms with Gasteiger partial charge < -0.3 is 38.3 Å². The van der Waals surface area contributed by atoms with Gasteiger partial charge in [-0.1, -0.05) is 30.3 Å². The molecule has 0 saturated carbocycles. The van der Waals surface area contributed by atoms with E-state index in [2.05, 4.69) is 20.9 Å². The van der Waals surface area contributed by atoms with E-state index >= 15 is 0 Å². The van der Waals surface area contributed by atoms with E-state index in [9.17, 15) is 24.3 Å². The number of nitrogens with two attached hydrogens (primary N) is 3. The molecule has 0 aromatic heterocycles. The Hall–Kier alpha value is -3.32. The molecule has 0 aliphatic carbocycles. The fraction of sp³-hybridized carbons (Fsp3) is 0.522. The summed E-state index contributed by atoms with van der Waals surface area (Å²) in [6, 6.07) is 4.94. The molecule has 3 amide bonds. The number of hydrogen-bond donors (Lipinski definition) is 7. The van der Waals surface area contributed by atoms with E-state index in [4.69, 9.17) is 17.2 Å². The Bertz CT molecular complexity index is 894. The molecule has 13 heteroatoms. The topological polar surface area (TPSA) is 215 Å². The number of hydrogen-bond acceptors (Lipinski definition) is 7. The lowest BCUT2D eigenvalue weighted by molar-refractivity contribution is -0.142. The third-order valence-corrected chi connectivity index (χ3v) is 5.78. The standard InChI is InChI=1S/C23H37N7O5S/c1-14(24)19(31)28-16(9-6-11-27-23(25)26)20(32)30-18(13-15-7-4-3-5-8-15)21(33)29-17(22(34)35)10-12-36-2/h3-5,7-8,14,16-18H,6,9-13,24H2,1-2H3,(H,28,31)(H,29,33)(H,30,32)(H,34,35)(H4,25,26,27). The molecule has 0 bridgehead atoms. The molecular formula is C23H37N7O5S. The second-order valence-electron chi connectivity index (χ2n) is 8.23. The van der Waals surface area contributed by atoms with Gasteiger partial charge in [0.05, 0.1) is 6.04 Å². The molecule has 1 rings (SSSR count). The minimum atomic E-state index is -1.16. The first kappa shape index (κ1) is 30.7. The van der Waals surface area contributed by atoms with Gasteiger partial charge >= 0.3 is 5.97 Å². The van der Waals surface area contributed by atoms with Crippen molar-refractivity contribution < 1.29 is 24.3 Å². The summed E-state index contributed by atoms with van der Waals surface area (Å²) in [5.41, 5.74) is 17.1. The van der Waals surface area contributed by atoms with E-state index < -0.39 is 47.9 Å². The molecule has 0 heterocycles. The number of rotatable bonds is 16. The summed E-state index contributed by atoms with van der Waals surface area (Å²) >= 11 is 1.46. The van der Waals surface area contributed by atoms with Gasteiger partial charge in [-0.2, -0.15) is 11.8 Å². The van der Waals surface area contributed by atoms with Crippen LogP contribution in [0.15, 0.2) is 35.3 Å². The number of carbonyl (C=O) groups is 4. The highest BCUT2D eigenvalue weighted by Crippen LogP contribution is 2.08. The van der Waals surface area contributed by atoms with Gasteiger partial charge in [0, 0.05) is 13.0 Å². The molecule has 0 spiro atoms. The number of nitrogens with one attached hydrogen (secondary N) is 3. The van der Waals surface area contributed by atoms with Crippen LogP contribution in [0.25, 0.3) is 0 Å². The van der Waals surface area contributed by atoms with Crippen LogP contribution in [0.2, 0.25) is 0 Å². The second-order valence-corrected chi connectivity index (χ2v) is 9.22. The molecule has 1 aromatic carbocycles. The summed E-state index contributed by atoms with van der Waals surface area (Å²) in [7, 11) is 0. The van der Waals surface area contributed by atoms with Gasteiger partial charge in [-0.05, 0) is 43.8 Å². The first-order chi connectivity index (χ1) is 17.0. The molecule has 10 N–H and O–H groups in total. The van der Waals surface area contributed by atoms with Crippen LogP contribution >= 0.6 is 11.8 Å². The summed E-state index contributed by atoms with van der Waals surface area (Å²) in [6.45, 7) is 1.72. The van der Waals surface area contributed by atoms with Gasteiger partial charge in [0.2, 0.25) is 17.7 Å². The molecule has 4 unspecified atom stereocenters. The number of guanidine groups is 1. The van der Waals surface area contributed by atoms with Gasteiger partial charge in [-0.15, -0.1) is 0 Å². The molecule has 0 fully saturated rings. The van der Waals surface area contributed by atoms with E-state index in [0.29, 0.717) is 12.2 Å². The highest BCUT2D eigenvalue weighted by atomic mass is 32.2. The first-order valence-electron chi connectivity index (χ1n) is 11.5. The van der Waals surface area contributed by atoms with E-state index in [-0.39, 0.29) is 31.8 Å². The molecule has 1 aromatic rings. The molecule has 0 aliphatic rings. The maximum atomic E-state index is 13.2. The van der Waals surface area contributed by atoms with Gasteiger partial charge in [-0.25, -0.2) is 4.79 Å². The lowest BCUT2D eigenvalue weighted by atomic mass is 10.0. The van der Waals surface area contributed by atoms with Crippen LogP contribution in [-0.4, -0.2) is 77.5 Å². The predicted molar refractivity (Wildman–Crippen MR) is 140 cm³/mol. The summed E-state index contributed by atoms with van der Waals surface area (Å²) in [4.78, 5) is 54.0. The number of amides is 3. The van der Waals surface area contributed by atoms with Crippen molar-refractivity contribution in [3.05, 3.63) is 35.9 Å². The normalized spacial score (nSPS) is 14.0. The van der Waals surface area contributed by atoms with Gasteiger partial charge in [0.1, 0.15) is 18.1 Å². The molecule has 4 atom stereocenters. The number of thioether (sulfide) groups is 1. The number of aliphatic imine (C=N–C) groups is 1. The molecule has 200 valence electrons. The average molecular weight is 524 g/mol. The zero-order valence-corrected chi connectivity index (χ0v) is 21.4. The molecular weight excluding hydrogens is 486 g/mol. The van der Waals surface area contributed by atoms with Crippen molar-refractivity contribution in [1.29, 1.82) is 0 Å². The second kappa shape index (κ2) is 16.4. The minimum Gasteiger partial charge on any atom is -0.480 e. The predicted octanol–water partition coefficient (Wildman–Crippen LogP) is -1.08. The number of benzene rings is 1. The maximum Gasteiger partial charge on any atom is 0.326 e. The number of nitrogens with zero attached hydrogens (tertiary/aromatic N) is 1. The van der Waals surface area contributed by atoms with Gasteiger partial charge in [0.15, 0.2) is 5.96 Å². The van der Waals surface area contributed by atoms with Crippen molar-refractivity contribution in [2.24, 2.45) is 22.2 Å². The maximum absolute atomic E-state index is 13.2. The van der Waals surface area contributed by atoms with Crippen molar-refractivity contribution in [2.45, 2.75) is 56.8 Å². The van der Waals surface area contributed by atoms with Crippen molar-refractivity contribution in [3.63, 3.8) is 0 Å². The van der Waals surface area contributed by atoms with Crippen molar-refractivity contribution in [1.82, 2.24) is 16.0 Å². The van der Waals surface area contributed by atoms with E-state index in [1.165, 1.54) is 18.7 Å². The third-order valence-electron chi connectivity index (χ3n) is 5.13. The van der Waals surface area contributed by atoms with Crippen LogP contribution in [-0.2, 0) is 25.6 Å². The summed E-state index contributed by atoms with van der Waals surface area (Å²) in [5, 5.41) is 17.3. The zero-order chi connectivity index (χ0) is 27.1. The fourth-order valence-electron chi connectivity index (χ4n) is 3.17. The van der Waals surface area contributed by atoms with Crippen molar-refractivity contribution in [2.75, 3.05) is 18.6 Å². The van der Waals surface area contributed by atoms with Crippen LogP contribution < -0.4 is 33.2 Å². The lowest BCUT2D eigenvalue weighted by Gasteiger charge is -2.25. The molecule has 0 aliphatic heterocycles. The van der Waals surface area contributed by atoms with Gasteiger partial charge in [-0.3, -0.25) is 19.4 Å². The van der Waals surface area contributed by atoms with E-state index in [1.54, 1.807) is 24.3 Å². The highest BCUT2D eigenvalue weighted by molar-refractivity contribution is 7.98. The van der Waals surface area contributed by atoms with E-state index in [0.717, 1.165) is 5.56 Å². The molecule has 12 nitrogen and oxygen atoms in total. The summed E-state index contributed by atoms with van der Waals surface area (Å²) in [6.07, 6.45) is 2.75. The zero-order valence-electron chi connectivity index (χ0n) is 20.6. The Balaban J connectivity index is 3.08. The fourth-order valence-corrected chi connectivity index (χ4v) is 3.64. The monoisotopic (exact) mass is 523 g/mol. The number of aliphatic carboxylic acids is 1. The Labute approximate surface area is 215 Å². The number of carboxylic acids is 1. The lowest BCUT2D eigenvalue weighted by Crippen LogP contribution is -2.57. The smallest absolute Gasteiger partial charge is 0.326 e. The number of carboxylic acid groups (broad SMARTS) is 1. The van der Waals surface area contributed by atoms with E-state index in [1.807, 2.05) is 12.3 Å². The molecule has 36 heavy (non-hydrogen) atoms. The third kappa shape index (κ3) is 11.9. The van der Waals surface area contributed by atoms with Crippen LogP contribution in [0.5, 0.6) is 0 Å². The largest absolute Gasteiger partial charge is 0.480 e. The first-order valence-corrected chi connectivity index (χ1v) is 12.9. The van der Waals surface area contributed by atoms with Gasteiger partial charge in [0.25, 0.3) is 0 Å². The van der Waals surface area contributed by atoms with Crippen LogP contribution in [0.1, 0.15) is 31.7 Å². The van der Waals surface area contributed by atoms with Crippen LogP contribution in [0.3, 0.4) is 0 Å². The molecule has 0 saturated heterocycles.